The number of hydrazine groups is 1. The number of carbonyl (C=O) groups is 1. The van der Waals surface area contributed by atoms with Crippen LogP contribution in [0.2, 0.25) is 0 Å². The summed E-state index contributed by atoms with van der Waals surface area (Å²) in [6, 6.07) is 12.1. The Morgan fingerprint density at radius 1 is 1.18 bits per heavy atom. The molecule has 0 radical (unpaired) electrons. The van der Waals surface area contributed by atoms with Crippen molar-refractivity contribution in [2.45, 2.75) is 32.0 Å². The highest BCUT2D eigenvalue weighted by Crippen LogP contribution is 2.22. The van der Waals surface area contributed by atoms with E-state index in [1.807, 2.05) is 12.1 Å². The molecule has 0 saturated carbocycles. The number of aryl methyl sites for hydroxylation is 1. The van der Waals surface area contributed by atoms with E-state index >= 15 is 0 Å². The summed E-state index contributed by atoms with van der Waals surface area (Å²) in [5.74, 6) is 0.0129. The number of carbonyl (C=O) groups excluding carboxylic acids is 1. The van der Waals surface area contributed by atoms with Crippen LogP contribution in [0.4, 0.5) is 0 Å². The molecular formula is C17H20N4O. The van der Waals surface area contributed by atoms with Crippen LogP contribution in [0.1, 0.15) is 29.2 Å². The molecule has 2 atom stereocenters. The summed E-state index contributed by atoms with van der Waals surface area (Å²) in [6.07, 6.45) is 4.19. The second-order valence-corrected chi connectivity index (χ2v) is 5.61. The Bertz CT molecular complexity index is 627. The van der Waals surface area contributed by atoms with Gasteiger partial charge in [-0.2, -0.15) is 0 Å². The third kappa shape index (κ3) is 3.50. The Morgan fingerprint density at radius 3 is 2.64 bits per heavy atom. The first-order valence-corrected chi connectivity index (χ1v) is 7.46. The van der Waals surface area contributed by atoms with Crippen LogP contribution in [-0.2, 0) is 11.3 Å². The number of amides is 1. The number of rotatable bonds is 4. The van der Waals surface area contributed by atoms with Gasteiger partial charge >= 0.3 is 0 Å². The summed E-state index contributed by atoms with van der Waals surface area (Å²) in [4.78, 5) is 16.2. The molecule has 1 saturated heterocycles. The van der Waals surface area contributed by atoms with Crippen LogP contribution in [-0.4, -0.2) is 16.9 Å². The number of hydrogen-bond acceptors (Lipinski definition) is 4. The quantitative estimate of drug-likeness (QED) is 0.802. The van der Waals surface area contributed by atoms with Gasteiger partial charge in [0.05, 0.1) is 0 Å². The van der Waals surface area contributed by atoms with Crippen molar-refractivity contribution in [3.05, 3.63) is 65.5 Å². The molecule has 1 aromatic carbocycles. The van der Waals surface area contributed by atoms with E-state index in [0.29, 0.717) is 6.54 Å². The molecule has 0 bridgehead atoms. The van der Waals surface area contributed by atoms with Crippen molar-refractivity contribution in [2.24, 2.45) is 0 Å². The van der Waals surface area contributed by atoms with E-state index in [4.69, 9.17) is 0 Å². The number of hydrogen-bond donors (Lipinski definition) is 3. The first-order chi connectivity index (χ1) is 10.7. The standard InChI is InChI=1S/C17H20N4O/c1-12-2-4-14(5-3-12)15-10-16(21-20-15)17(22)19-11-13-6-8-18-9-7-13/h2-9,15-16,20-21H,10-11H2,1H3,(H,19,22). The van der Waals surface area contributed by atoms with Crippen LogP contribution in [0, 0.1) is 6.92 Å². The first kappa shape index (κ1) is 14.7. The molecule has 0 aliphatic carbocycles. The van der Waals surface area contributed by atoms with Gasteiger partial charge < -0.3 is 5.32 Å². The lowest BCUT2D eigenvalue weighted by molar-refractivity contribution is -0.123. The zero-order valence-electron chi connectivity index (χ0n) is 12.5. The summed E-state index contributed by atoms with van der Waals surface area (Å²) < 4.78 is 0. The molecule has 5 nitrogen and oxygen atoms in total. The Balaban J connectivity index is 1.53. The molecule has 3 N–H and O–H groups in total. The molecule has 1 aromatic heterocycles. The zero-order valence-corrected chi connectivity index (χ0v) is 12.5. The van der Waals surface area contributed by atoms with Crippen molar-refractivity contribution in [3.8, 4) is 0 Å². The highest BCUT2D eigenvalue weighted by molar-refractivity contribution is 5.82. The minimum Gasteiger partial charge on any atom is -0.351 e. The van der Waals surface area contributed by atoms with Gasteiger partial charge in [-0.05, 0) is 36.6 Å². The molecule has 2 unspecified atom stereocenters. The van der Waals surface area contributed by atoms with Crippen molar-refractivity contribution < 1.29 is 4.79 Å². The lowest BCUT2D eigenvalue weighted by atomic mass is 10.0. The van der Waals surface area contributed by atoms with E-state index in [1.54, 1.807) is 12.4 Å². The fourth-order valence-electron chi connectivity index (χ4n) is 2.56. The van der Waals surface area contributed by atoms with E-state index in [1.165, 1.54) is 11.1 Å². The Hall–Kier alpha value is -2.24. The van der Waals surface area contributed by atoms with Crippen LogP contribution in [0.5, 0.6) is 0 Å². The second kappa shape index (κ2) is 6.68. The predicted octanol–water partition coefficient (Wildman–Crippen LogP) is 1.61. The van der Waals surface area contributed by atoms with E-state index in [0.717, 1.165) is 12.0 Å². The van der Waals surface area contributed by atoms with Gasteiger partial charge in [0.2, 0.25) is 5.91 Å². The fraction of sp³-hybridized carbons (Fsp3) is 0.294. The van der Waals surface area contributed by atoms with E-state index < -0.39 is 0 Å². The van der Waals surface area contributed by atoms with Crippen molar-refractivity contribution >= 4 is 5.91 Å². The van der Waals surface area contributed by atoms with Gasteiger partial charge in [-0.1, -0.05) is 29.8 Å². The normalized spacial score (nSPS) is 20.8. The summed E-state index contributed by atoms with van der Waals surface area (Å²) in [5.41, 5.74) is 9.76. The van der Waals surface area contributed by atoms with Crippen molar-refractivity contribution in [3.63, 3.8) is 0 Å². The second-order valence-electron chi connectivity index (χ2n) is 5.61. The van der Waals surface area contributed by atoms with Crippen LogP contribution in [0.25, 0.3) is 0 Å². The van der Waals surface area contributed by atoms with Gasteiger partial charge in [0, 0.05) is 25.0 Å². The van der Waals surface area contributed by atoms with Crippen LogP contribution in [0.3, 0.4) is 0 Å². The fourth-order valence-corrected chi connectivity index (χ4v) is 2.56. The van der Waals surface area contributed by atoms with Gasteiger partial charge in [-0.15, -0.1) is 0 Å². The molecule has 1 aliphatic rings. The Labute approximate surface area is 130 Å². The van der Waals surface area contributed by atoms with Crippen molar-refractivity contribution in [2.75, 3.05) is 0 Å². The van der Waals surface area contributed by atoms with Crippen LogP contribution >= 0.6 is 0 Å². The summed E-state index contributed by atoms with van der Waals surface area (Å²) in [7, 11) is 0. The zero-order chi connectivity index (χ0) is 15.4. The van der Waals surface area contributed by atoms with Gasteiger partial charge in [0.25, 0.3) is 0 Å². The summed E-state index contributed by atoms with van der Waals surface area (Å²) >= 11 is 0. The largest absolute Gasteiger partial charge is 0.351 e. The molecule has 3 rings (SSSR count). The van der Waals surface area contributed by atoms with Gasteiger partial charge in [-0.3, -0.25) is 9.78 Å². The summed E-state index contributed by atoms with van der Waals surface area (Å²) in [5, 5.41) is 2.95. The third-order valence-electron chi connectivity index (χ3n) is 3.92. The number of benzene rings is 1. The van der Waals surface area contributed by atoms with Crippen molar-refractivity contribution in [1.29, 1.82) is 0 Å². The van der Waals surface area contributed by atoms with Gasteiger partial charge in [0.1, 0.15) is 6.04 Å². The topological polar surface area (TPSA) is 66.0 Å². The number of nitrogens with zero attached hydrogens (tertiary/aromatic N) is 1. The lowest BCUT2D eigenvalue weighted by Gasteiger charge is -2.11. The molecule has 1 amide bonds. The average molecular weight is 296 g/mol. The molecule has 1 aliphatic heterocycles. The highest BCUT2D eigenvalue weighted by Gasteiger charge is 2.29. The maximum absolute atomic E-state index is 12.2. The molecule has 1 fully saturated rings. The Kier molecular flexibility index (Phi) is 4.46. The number of aromatic nitrogens is 1. The predicted molar refractivity (Wildman–Crippen MR) is 84.7 cm³/mol. The SMILES string of the molecule is Cc1ccc(C2CC(C(=O)NCc3ccncc3)NN2)cc1. The monoisotopic (exact) mass is 296 g/mol. The molecule has 5 heteroatoms. The maximum Gasteiger partial charge on any atom is 0.238 e. The minimum atomic E-state index is -0.215. The highest BCUT2D eigenvalue weighted by atomic mass is 16.2. The van der Waals surface area contributed by atoms with Crippen LogP contribution < -0.4 is 16.2 Å². The van der Waals surface area contributed by atoms with E-state index in [-0.39, 0.29) is 18.0 Å². The summed E-state index contributed by atoms with van der Waals surface area (Å²) in [6.45, 7) is 2.59. The first-order valence-electron chi connectivity index (χ1n) is 7.46. The lowest BCUT2D eigenvalue weighted by Crippen LogP contribution is -2.42. The maximum atomic E-state index is 12.2. The Morgan fingerprint density at radius 2 is 1.91 bits per heavy atom. The molecular weight excluding hydrogens is 276 g/mol. The molecule has 22 heavy (non-hydrogen) atoms. The average Bonchev–Trinajstić information content (AvgIpc) is 3.04. The molecule has 2 aromatic rings. The smallest absolute Gasteiger partial charge is 0.238 e. The van der Waals surface area contributed by atoms with Crippen LogP contribution in [0.15, 0.2) is 48.8 Å². The van der Waals surface area contributed by atoms with Crippen molar-refractivity contribution in [1.82, 2.24) is 21.2 Å². The number of pyridine rings is 1. The molecule has 2 heterocycles. The van der Waals surface area contributed by atoms with E-state index in [9.17, 15) is 4.79 Å². The van der Waals surface area contributed by atoms with Gasteiger partial charge in [0.15, 0.2) is 0 Å². The third-order valence-corrected chi connectivity index (χ3v) is 3.92. The molecule has 0 spiro atoms. The van der Waals surface area contributed by atoms with E-state index in [2.05, 4.69) is 52.3 Å². The minimum absolute atomic E-state index is 0.0129. The van der Waals surface area contributed by atoms with Gasteiger partial charge in [-0.25, -0.2) is 10.9 Å². The molecule has 114 valence electrons. The number of nitrogens with one attached hydrogen (secondary N) is 3.